The van der Waals surface area contributed by atoms with Gasteiger partial charge >= 0.3 is 0 Å². The van der Waals surface area contributed by atoms with Gasteiger partial charge in [0.25, 0.3) is 5.22 Å². The van der Waals surface area contributed by atoms with Crippen molar-refractivity contribution in [3.8, 4) is 11.4 Å². The van der Waals surface area contributed by atoms with Gasteiger partial charge in [0.1, 0.15) is 15.9 Å². The number of oxazole rings is 1. The zero-order chi connectivity index (χ0) is 14.8. The van der Waals surface area contributed by atoms with E-state index in [1.807, 2.05) is 44.2 Å². The van der Waals surface area contributed by atoms with Crippen LogP contribution in [-0.4, -0.2) is 15.0 Å². The first kappa shape index (κ1) is 14.1. The smallest absolute Gasteiger partial charge is 0.262 e. The third kappa shape index (κ3) is 3.25. The summed E-state index contributed by atoms with van der Waals surface area (Å²) in [7, 11) is 0. The SMILES string of the molecule is Cc1nc(Sc2cc(Cl)nc(-c3ccccc3)n2)oc1C. The molecule has 0 aliphatic heterocycles. The number of hydrogen-bond acceptors (Lipinski definition) is 5. The van der Waals surface area contributed by atoms with Gasteiger partial charge in [0.05, 0.1) is 5.69 Å². The van der Waals surface area contributed by atoms with Crippen LogP contribution in [0, 0.1) is 13.8 Å². The lowest BCUT2D eigenvalue weighted by Crippen LogP contribution is -1.91. The third-order valence-electron chi connectivity index (χ3n) is 2.90. The summed E-state index contributed by atoms with van der Waals surface area (Å²) < 4.78 is 5.55. The van der Waals surface area contributed by atoms with Crippen LogP contribution in [0.25, 0.3) is 11.4 Å². The topological polar surface area (TPSA) is 51.8 Å². The molecule has 6 heteroatoms. The van der Waals surface area contributed by atoms with E-state index in [1.165, 1.54) is 11.8 Å². The van der Waals surface area contributed by atoms with Crippen LogP contribution in [0.15, 0.2) is 51.1 Å². The molecule has 0 aliphatic rings. The summed E-state index contributed by atoms with van der Waals surface area (Å²) in [5.74, 6) is 1.39. The second-order valence-electron chi connectivity index (χ2n) is 4.44. The van der Waals surface area contributed by atoms with Gasteiger partial charge in [-0.2, -0.15) is 0 Å². The van der Waals surface area contributed by atoms with Crippen molar-refractivity contribution >= 4 is 23.4 Å². The van der Waals surface area contributed by atoms with Gasteiger partial charge in [-0.15, -0.1) is 0 Å². The van der Waals surface area contributed by atoms with E-state index in [2.05, 4.69) is 15.0 Å². The molecule has 0 saturated heterocycles. The largest absolute Gasteiger partial charge is 0.436 e. The van der Waals surface area contributed by atoms with Gasteiger partial charge in [0.15, 0.2) is 5.82 Å². The maximum atomic E-state index is 6.09. The fraction of sp³-hybridized carbons (Fsp3) is 0.133. The molecule has 0 amide bonds. The molecule has 2 heterocycles. The second-order valence-corrected chi connectivity index (χ2v) is 5.80. The van der Waals surface area contributed by atoms with Crippen LogP contribution < -0.4 is 0 Å². The van der Waals surface area contributed by atoms with Crippen LogP contribution >= 0.6 is 23.4 Å². The van der Waals surface area contributed by atoms with Crippen LogP contribution in [0.4, 0.5) is 0 Å². The van der Waals surface area contributed by atoms with Gasteiger partial charge in [-0.25, -0.2) is 15.0 Å². The molecule has 0 spiro atoms. The van der Waals surface area contributed by atoms with E-state index in [1.54, 1.807) is 6.07 Å². The van der Waals surface area contributed by atoms with Crippen molar-refractivity contribution in [1.29, 1.82) is 0 Å². The summed E-state index contributed by atoms with van der Waals surface area (Å²) in [6, 6.07) is 11.4. The van der Waals surface area contributed by atoms with Gasteiger partial charge in [-0.3, -0.25) is 0 Å². The van der Waals surface area contributed by atoms with Crippen LogP contribution in [-0.2, 0) is 0 Å². The van der Waals surface area contributed by atoms with Gasteiger partial charge in [0.2, 0.25) is 0 Å². The van der Waals surface area contributed by atoms with E-state index in [4.69, 9.17) is 16.0 Å². The second kappa shape index (κ2) is 5.87. The summed E-state index contributed by atoms with van der Waals surface area (Å²) in [5.41, 5.74) is 1.79. The quantitative estimate of drug-likeness (QED) is 0.663. The summed E-state index contributed by atoms with van der Waals surface area (Å²) in [6.07, 6.45) is 0. The zero-order valence-electron chi connectivity index (χ0n) is 11.5. The van der Waals surface area contributed by atoms with Gasteiger partial charge in [0, 0.05) is 11.6 Å². The maximum absolute atomic E-state index is 6.09. The highest BCUT2D eigenvalue weighted by Gasteiger charge is 2.11. The number of aryl methyl sites for hydroxylation is 2. The summed E-state index contributed by atoms with van der Waals surface area (Å²) in [4.78, 5) is 13.1. The van der Waals surface area contributed by atoms with Crippen molar-refractivity contribution < 1.29 is 4.42 Å². The molecular formula is C15H12ClN3OS. The van der Waals surface area contributed by atoms with Crippen LogP contribution in [0.5, 0.6) is 0 Å². The average Bonchev–Trinajstić information content (AvgIpc) is 2.77. The van der Waals surface area contributed by atoms with Crippen LogP contribution in [0.3, 0.4) is 0 Å². The summed E-state index contributed by atoms with van der Waals surface area (Å²) in [6.45, 7) is 3.79. The molecule has 0 saturated carbocycles. The van der Waals surface area contributed by atoms with Crippen molar-refractivity contribution in [1.82, 2.24) is 15.0 Å². The van der Waals surface area contributed by atoms with E-state index >= 15 is 0 Å². The molecule has 0 atom stereocenters. The van der Waals surface area contributed by atoms with Crippen molar-refractivity contribution in [3.63, 3.8) is 0 Å². The number of halogens is 1. The van der Waals surface area contributed by atoms with E-state index < -0.39 is 0 Å². The Morgan fingerprint density at radius 2 is 1.81 bits per heavy atom. The molecule has 2 aromatic heterocycles. The van der Waals surface area contributed by atoms with E-state index in [9.17, 15) is 0 Å². The highest BCUT2D eigenvalue weighted by Crippen LogP contribution is 2.29. The standard InChI is InChI=1S/C15H12ClN3OS/c1-9-10(2)20-15(17-9)21-13-8-12(16)18-14(19-13)11-6-4-3-5-7-11/h3-8H,1-2H3. The van der Waals surface area contributed by atoms with Crippen molar-refractivity contribution in [2.45, 2.75) is 24.1 Å². The van der Waals surface area contributed by atoms with E-state index in [0.717, 1.165) is 17.0 Å². The Kier molecular flexibility index (Phi) is 3.94. The van der Waals surface area contributed by atoms with Crippen molar-refractivity contribution in [2.24, 2.45) is 0 Å². The first-order valence-electron chi connectivity index (χ1n) is 6.34. The summed E-state index contributed by atoms with van der Waals surface area (Å²) >= 11 is 7.42. The molecule has 0 radical (unpaired) electrons. The lowest BCUT2D eigenvalue weighted by Gasteiger charge is -2.03. The fourth-order valence-corrected chi connectivity index (χ4v) is 2.82. The van der Waals surface area contributed by atoms with Gasteiger partial charge in [-0.05, 0) is 25.6 Å². The Balaban J connectivity index is 1.94. The molecule has 0 unspecified atom stereocenters. The predicted octanol–water partition coefficient (Wildman–Crippen LogP) is 4.55. The molecule has 1 aromatic carbocycles. The third-order valence-corrected chi connectivity index (χ3v) is 3.87. The number of aromatic nitrogens is 3. The van der Waals surface area contributed by atoms with Crippen molar-refractivity contribution in [2.75, 3.05) is 0 Å². The van der Waals surface area contributed by atoms with Crippen LogP contribution in [0.2, 0.25) is 5.15 Å². The molecule has 3 rings (SSSR count). The first-order chi connectivity index (χ1) is 10.1. The molecule has 106 valence electrons. The van der Waals surface area contributed by atoms with Crippen molar-refractivity contribution in [3.05, 3.63) is 53.0 Å². The Hall–Kier alpha value is -1.85. The monoisotopic (exact) mass is 317 g/mol. The number of hydrogen-bond donors (Lipinski definition) is 0. The summed E-state index contributed by atoms with van der Waals surface area (Å²) in [5, 5.41) is 1.65. The Morgan fingerprint density at radius 1 is 1.05 bits per heavy atom. The lowest BCUT2D eigenvalue weighted by molar-refractivity contribution is 0.431. The first-order valence-corrected chi connectivity index (χ1v) is 7.53. The number of nitrogens with zero attached hydrogens (tertiary/aromatic N) is 3. The van der Waals surface area contributed by atoms with E-state index in [0.29, 0.717) is 21.2 Å². The predicted molar refractivity (Wildman–Crippen MR) is 82.6 cm³/mol. The minimum Gasteiger partial charge on any atom is -0.436 e. The Labute approximate surface area is 131 Å². The maximum Gasteiger partial charge on any atom is 0.262 e. The van der Waals surface area contributed by atoms with Gasteiger partial charge < -0.3 is 4.42 Å². The lowest BCUT2D eigenvalue weighted by atomic mass is 10.2. The van der Waals surface area contributed by atoms with Gasteiger partial charge in [-0.1, -0.05) is 41.9 Å². The molecule has 4 nitrogen and oxygen atoms in total. The van der Waals surface area contributed by atoms with Crippen LogP contribution in [0.1, 0.15) is 11.5 Å². The fourth-order valence-electron chi connectivity index (χ4n) is 1.74. The average molecular weight is 318 g/mol. The zero-order valence-corrected chi connectivity index (χ0v) is 13.1. The number of benzene rings is 1. The molecule has 3 aromatic rings. The van der Waals surface area contributed by atoms with E-state index in [-0.39, 0.29) is 0 Å². The molecule has 0 aliphatic carbocycles. The molecule has 0 bridgehead atoms. The highest BCUT2D eigenvalue weighted by molar-refractivity contribution is 7.99. The minimum atomic E-state index is 0.395. The molecule has 0 fully saturated rings. The molecule has 0 N–H and O–H groups in total. The Bertz CT molecular complexity index is 754. The number of rotatable bonds is 3. The highest BCUT2D eigenvalue weighted by atomic mass is 35.5. The normalized spacial score (nSPS) is 10.8. The molecular weight excluding hydrogens is 306 g/mol. The minimum absolute atomic E-state index is 0.395. The Morgan fingerprint density at radius 3 is 2.48 bits per heavy atom. The molecule has 21 heavy (non-hydrogen) atoms.